The molecule has 5 heteroatoms. The van der Waals surface area contributed by atoms with E-state index in [9.17, 15) is 0 Å². The molecule has 0 aromatic heterocycles. The molecule has 0 saturated heterocycles. The highest BCUT2D eigenvalue weighted by Gasteiger charge is 2.26. The maximum Gasteiger partial charge on any atom is 0.485 e. The summed E-state index contributed by atoms with van der Waals surface area (Å²) in [5.41, 5.74) is -0.00457. The largest absolute Gasteiger partial charge is 0.485 e. The van der Waals surface area contributed by atoms with Crippen LogP contribution in [0.1, 0.15) is 46.0 Å². The summed E-state index contributed by atoms with van der Waals surface area (Å²) in [4.78, 5) is 0. The molecule has 96 valence electrons. The molecule has 0 radical (unpaired) electrons. The Balaban J connectivity index is 2.30. The second kappa shape index (κ2) is 8.52. The lowest BCUT2D eigenvalue weighted by Crippen LogP contribution is -2.34. The standard InChI is InChI=1S/C11H24O3SSi/c1-3-12-16(13-4-2)14-11(15)10-8-6-5-7-9-10/h10-11,15-16H,3-9H2,1-2H3/t11-/m0/s1. The third-order valence-electron chi connectivity index (χ3n) is 2.91. The molecule has 0 aromatic rings. The number of rotatable bonds is 7. The van der Waals surface area contributed by atoms with Crippen molar-refractivity contribution in [3.05, 3.63) is 0 Å². The van der Waals surface area contributed by atoms with Crippen LogP contribution in [0.5, 0.6) is 0 Å². The third-order valence-corrected chi connectivity index (χ3v) is 5.41. The molecule has 1 rings (SSSR count). The molecule has 16 heavy (non-hydrogen) atoms. The molecule has 1 aliphatic rings. The van der Waals surface area contributed by atoms with E-state index in [4.69, 9.17) is 13.3 Å². The van der Waals surface area contributed by atoms with E-state index in [2.05, 4.69) is 12.6 Å². The van der Waals surface area contributed by atoms with Crippen molar-refractivity contribution in [1.29, 1.82) is 0 Å². The van der Waals surface area contributed by atoms with Gasteiger partial charge in [0.05, 0.1) is 5.44 Å². The van der Waals surface area contributed by atoms with E-state index in [1.807, 2.05) is 13.8 Å². The van der Waals surface area contributed by atoms with Gasteiger partial charge in [-0.3, -0.25) is 0 Å². The number of hydrogen-bond donors (Lipinski definition) is 1. The van der Waals surface area contributed by atoms with Crippen LogP contribution in [-0.4, -0.2) is 28.2 Å². The molecule has 0 spiro atoms. The molecule has 1 saturated carbocycles. The van der Waals surface area contributed by atoms with Crippen molar-refractivity contribution in [3.8, 4) is 0 Å². The van der Waals surface area contributed by atoms with Gasteiger partial charge < -0.3 is 13.3 Å². The van der Waals surface area contributed by atoms with Crippen LogP contribution in [-0.2, 0) is 13.3 Å². The summed E-state index contributed by atoms with van der Waals surface area (Å²) < 4.78 is 16.8. The summed E-state index contributed by atoms with van der Waals surface area (Å²) in [5, 5.41) is 0. The van der Waals surface area contributed by atoms with Gasteiger partial charge in [-0.1, -0.05) is 19.3 Å². The van der Waals surface area contributed by atoms with Gasteiger partial charge in [0.1, 0.15) is 0 Å². The van der Waals surface area contributed by atoms with Crippen LogP contribution in [0.2, 0.25) is 0 Å². The molecule has 0 bridgehead atoms. The second-order valence-corrected chi connectivity index (χ2v) is 6.15. The fourth-order valence-electron chi connectivity index (χ4n) is 2.04. The highest BCUT2D eigenvalue weighted by atomic mass is 32.1. The Hall–Kier alpha value is 0.447. The molecule has 1 aliphatic carbocycles. The zero-order chi connectivity index (χ0) is 11.8. The van der Waals surface area contributed by atoms with E-state index >= 15 is 0 Å². The Morgan fingerprint density at radius 2 is 1.69 bits per heavy atom. The third kappa shape index (κ3) is 5.18. The molecule has 0 aromatic carbocycles. The fraction of sp³-hybridized carbons (Fsp3) is 1.00. The van der Waals surface area contributed by atoms with E-state index in [-0.39, 0.29) is 5.44 Å². The lowest BCUT2D eigenvalue weighted by Gasteiger charge is -2.29. The van der Waals surface area contributed by atoms with Crippen LogP contribution in [0.4, 0.5) is 0 Å². The summed E-state index contributed by atoms with van der Waals surface area (Å²) in [6, 6.07) is 0. The van der Waals surface area contributed by atoms with Crippen molar-refractivity contribution in [1.82, 2.24) is 0 Å². The predicted octanol–water partition coefficient (Wildman–Crippen LogP) is 2.63. The predicted molar refractivity (Wildman–Crippen MR) is 70.8 cm³/mol. The maximum absolute atomic E-state index is 5.83. The number of hydrogen-bond acceptors (Lipinski definition) is 4. The SMILES string of the molecule is CCO[SiH](OCC)O[C@@H](S)C1CCCCC1. The van der Waals surface area contributed by atoms with Crippen LogP contribution >= 0.6 is 12.6 Å². The van der Waals surface area contributed by atoms with Gasteiger partial charge in [-0.25, -0.2) is 0 Å². The van der Waals surface area contributed by atoms with E-state index in [0.29, 0.717) is 19.1 Å². The molecule has 1 atom stereocenters. The number of thiol groups is 1. The van der Waals surface area contributed by atoms with Crippen LogP contribution in [0, 0.1) is 5.92 Å². The van der Waals surface area contributed by atoms with Gasteiger partial charge in [-0.15, -0.1) is 12.6 Å². The summed E-state index contributed by atoms with van der Waals surface area (Å²) in [6.45, 7) is 5.25. The normalized spacial score (nSPS) is 20.2. The van der Waals surface area contributed by atoms with E-state index in [1.165, 1.54) is 32.1 Å². The smallest absolute Gasteiger partial charge is 0.376 e. The van der Waals surface area contributed by atoms with Gasteiger partial charge in [0.25, 0.3) is 0 Å². The van der Waals surface area contributed by atoms with Crippen molar-refractivity contribution in [2.24, 2.45) is 5.92 Å². The average Bonchev–Trinajstić information content (AvgIpc) is 2.31. The molecule has 0 amide bonds. The highest BCUT2D eigenvalue weighted by molar-refractivity contribution is 7.80. The van der Waals surface area contributed by atoms with Crippen molar-refractivity contribution in [2.75, 3.05) is 13.2 Å². The Labute approximate surface area is 106 Å². The fourth-order valence-corrected chi connectivity index (χ4v) is 3.89. The van der Waals surface area contributed by atoms with Crippen molar-refractivity contribution < 1.29 is 13.3 Å². The van der Waals surface area contributed by atoms with Gasteiger partial charge in [-0.2, -0.15) is 0 Å². The Kier molecular flexibility index (Phi) is 7.73. The van der Waals surface area contributed by atoms with Gasteiger partial charge in [0.2, 0.25) is 0 Å². The minimum Gasteiger partial charge on any atom is -0.376 e. The van der Waals surface area contributed by atoms with Crippen LogP contribution in [0.15, 0.2) is 0 Å². The van der Waals surface area contributed by atoms with Gasteiger partial charge in [-0.05, 0) is 32.6 Å². The molecule has 3 nitrogen and oxygen atoms in total. The first-order chi connectivity index (χ1) is 7.77. The molecule has 0 unspecified atom stereocenters. The second-order valence-electron chi connectivity index (χ2n) is 4.12. The molecule has 0 aliphatic heterocycles. The molecular weight excluding hydrogens is 240 g/mol. The molecule has 0 N–H and O–H groups in total. The summed E-state index contributed by atoms with van der Waals surface area (Å²) >= 11 is 4.55. The van der Waals surface area contributed by atoms with Crippen LogP contribution in [0.25, 0.3) is 0 Å². The van der Waals surface area contributed by atoms with Gasteiger partial charge in [0.15, 0.2) is 0 Å². The summed E-state index contributed by atoms with van der Waals surface area (Å²) in [7, 11) is -1.94. The van der Waals surface area contributed by atoms with Crippen molar-refractivity contribution >= 4 is 22.2 Å². The zero-order valence-corrected chi connectivity index (χ0v) is 12.4. The zero-order valence-electron chi connectivity index (χ0n) is 10.4. The first kappa shape index (κ1) is 14.5. The summed E-state index contributed by atoms with van der Waals surface area (Å²) in [5.74, 6) is 0.577. The van der Waals surface area contributed by atoms with E-state index in [1.54, 1.807) is 0 Å². The van der Waals surface area contributed by atoms with Gasteiger partial charge >= 0.3 is 9.53 Å². The topological polar surface area (TPSA) is 27.7 Å². The molecule has 0 heterocycles. The van der Waals surface area contributed by atoms with Crippen LogP contribution < -0.4 is 0 Å². The maximum atomic E-state index is 5.83. The monoisotopic (exact) mass is 264 g/mol. The average molecular weight is 264 g/mol. The first-order valence-electron chi connectivity index (χ1n) is 6.34. The van der Waals surface area contributed by atoms with E-state index in [0.717, 1.165) is 0 Å². The first-order valence-corrected chi connectivity index (χ1v) is 8.27. The lowest BCUT2D eigenvalue weighted by atomic mass is 9.90. The van der Waals surface area contributed by atoms with E-state index < -0.39 is 9.53 Å². The minimum absolute atomic E-state index is 0.00457. The molecular formula is C11H24O3SSi. The Morgan fingerprint density at radius 1 is 1.12 bits per heavy atom. The summed E-state index contributed by atoms with van der Waals surface area (Å²) in [6.07, 6.45) is 6.43. The quantitative estimate of drug-likeness (QED) is 0.435. The lowest BCUT2D eigenvalue weighted by molar-refractivity contribution is 0.0668. The van der Waals surface area contributed by atoms with Gasteiger partial charge in [0, 0.05) is 13.2 Å². The Morgan fingerprint density at radius 3 is 2.19 bits per heavy atom. The van der Waals surface area contributed by atoms with Crippen LogP contribution in [0.3, 0.4) is 0 Å². The van der Waals surface area contributed by atoms with Crippen molar-refractivity contribution in [3.63, 3.8) is 0 Å². The minimum atomic E-state index is -1.94. The van der Waals surface area contributed by atoms with Crippen molar-refractivity contribution in [2.45, 2.75) is 51.4 Å². The molecule has 1 fully saturated rings. The Bertz CT molecular complexity index is 171. The highest BCUT2D eigenvalue weighted by Crippen LogP contribution is 2.29.